The Balaban J connectivity index is 1.48. The fourth-order valence-corrected chi connectivity index (χ4v) is 4.37. The summed E-state index contributed by atoms with van der Waals surface area (Å²) >= 11 is 1.69. The highest BCUT2D eigenvalue weighted by Gasteiger charge is 2.29. The first-order chi connectivity index (χ1) is 11.1. The minimum atomic E-state index is -0.0393. The highest BCUT2D eigenvalue weighted by Crippen LogP contribution is 2.24. The summed E-state index contributed by atoms with van der Waals surface area (Å²) in [6, 6.07) is 0.331. The van der Waals surface area contributed by atoms with Gasteiger partial charge in [0.05, 0.1) is 6.04 Å². The predicted octanol–water partition coefficient (Wildman–Crippen LogP) is 2.35. The Hall–Kier alpha value is -1.14. The van der Waals surface area contributed by atoms with Gasteiger partial charge in [0, 0.05) is 43.8 Å². The molecule has 1 amide bonds. The van der Waals surface area contributed by atoms with Crippen LogP contribution in [0.1, 0.15) is 39.5 Å². The quantitative estimate of drug-likeness (QED) is 0.917. The van der Waals surface area contributed by atoms with Crippen LogP contribution in [0, 0.1) is 5.92 Å². The second-order valence-corrected chi connectivity index (χ2v) is 7.76. The van der Waals surface area contributed by atoms with Crippen molar-refractivity contribution in [3.63, 3.8) is 0 Å². The van der Waals surface area contributed by atoms with E-state index in [4.69, 9.17) is 0 Å². The summed E-state index contributed by atoms with van der Waals surface area (Å²) < 4.78 is 0. The second-order valence-electron chi connectivity index (χ2n) is 6.89. The number of piperazine rings is 1. The molecule has 1 aromatic heterocycles. The van der Waals surface area contributed by atoms with Gasteiger partial charge in [-0.05, 0) is 25.7 Å². The van der Waals surface area contributed by atoms with Crippen LogP contribution in [0.15, 0.2) is 11.6 Å². The molecule has 0 bridgehead atoms. The molecule has 3 rings (SSSR count). The summed E-state index contributed by atoms with van der Waals surface area (Å²) in [5, 5.41) is 6.41. The topological polar surface area (TPSA) is 48.5 Å². The zero-order valence-electron chi connectivity index (χ0n) is 14.2. The molecule has 1 saturated heterocycles. The van der Waals surface area contributed by atoms with Crippen molar-refractivity contribution in [3.8, 4) is 0 Å². The van der Waals surface area contributed by atoms with E-state index in [1.54, 1.807) is 11.3 Å². The molecule has 2 fully saturated rings. The molecule has 1 aliphatic carbocycles. The molecule has 5 nitrogen and oxygen atoms in total. The molecule has 6 heteroatoms. The van der Waals surface area contributed by atoms with Crippen LogP contribution >= 0.6 is 11.3 Å². The van der Waals surface area contributed by atoms with E-state index < -0.39 is 0 Å². The fraction of sp³-hybridized carbons (Fsp3) is 0.765. The lowest BCUT2D eigenvalue weighted by Crippen LogP contribution is -2.55. The fourth-order valence-electron chi connectivity index (χ4n) is 3.67. The predicted molar refractivity (Wildman–Crippen MR) is 94.9 cm³/mol. The molecular formula is C17H28N4OS. The summed E-state index contributed by atoms with van der Waals surface area (Å²) in [5.74, 6) is 0.813. The number of thiazole rings is 1. The van der Waals surface area contributed by atoms with Crippen molar-refractivity contribution in [1.29, 1.82) is 0 Å². The summed E-state index contributed by atoms with van der Waals surface area (Å²) in [6.07, 6.45) is 6.79. The van der Waals surface area contributed by atoms with Crippen molar-refractivity contribution in [2.45, 2.75) is 51.6 Å². The summed E-state index contributed by atoms with van der Waals surface area (Å²) in [6.45, 7) is 8.06. The first-order valence-electron chi connectivity index (χ1n) is 8.84. The number of anilines is 1. The Labute approximate surface area is 143 Å². The van der Waals surface area contributed by atoms with E-state index in [9.17, 15) is 4.79 Å². The van der Waals surface area contributed by atoms with Crippen LogP contribution < -0.4 is 10.2 Å². The lowest BCUT2D eigenvalue weighted by atomic mass is 9.86. The maximum Gasteiger partial charge on any atom is 0.237 e. The summed E-state index contributed by atoms with van der Waals surface area (Å²) in [7, 11) is 0. The normalized spacial score (nSPS) is 27.7. The number of amides is 1. The third kappa shape index (κ3) is 4.04. The maximum absolute atomic E-state index is 12.6. The number of nitrogens with one attached hydrogen (secondary N) is 1. The van der Waals surface area contributed by atoms with Gasteiger partial charge < -0.3 is 10.2 Å². The van der Waals surface area contributed by atoms with E-state index in [1.807, 2.05) is 18.5 Å². The lowest BCUT2D eigenvalue weighted by Gasteiger charge is -2.38. The van der Waals surface area contributed by atoms with Gasteiger partial charge in [-0.1, -0.05) is 19.8 Å². The smallest absolute Gasteiger partial charge is 0.237 e. The van der Waals surface area contributed by atoms with Gasteiger partial charge in [-0.3, -0.25) is 9.69 Å². The van der Waals surface area contributed by atoms with Gasteiger partial charge in [-0.15, -0.1) is 11.3 Å². The Morgan fingerprint density at radius 1 is 1.30 bits per heavy atom. The van der Waals surface area contributed by atoms with Gasteiger partial charge >= 0.3 is 0 Å². The highest BCUT2D eigenvalue weighted by atomic mass is 32.1. The molecule has 1 saturated carbocycles. The number of carbonyl (C=O) groups is 1. The molecule has 0 spiro atoms. The molecule has 128 valence electrons. The summed E-state index contributed by atoms with van der Waals surface area (Å²) in [5.41, 5.74) is 0. The molecule has 0 aromatic carbocycles. The molecule has 23 heavy (non-hydrogen) atoms. The maximum atomic E-state index is 12.6. The standard InChI is InChI=1S/C17H28N4OS/c1-13-5-3-4-6-15(13)19-16(22)14(2)20-8-10-21(11-9-20)17-18-7-12-23-17/h7,12-15H,3-6,8-11H2,1-2H3,(H,19,22)/t13-,14+,15-/m1/s1. The SMILES string of the molecule is C[C@@H]1CCCC[C@H]1NC(=O)[C@H](C)N1CCN(c2nccs2)CC1. The molecule has 1 aromatic rings. The average Bonchev–Trinajstić information content (AvgIpc) is 3.11. The monoisotopic (exact) mass is 336 g/mol. The van der Waals surface area contributed by atoms with Crippen molar-refractivity contribution in [2.24, 2.45) is 5.92 Å². The Morgan fingerprint density at radius 3 is 2.70 bits per heavy atom. The Morgan fingerprint density at radius 2 is 2.04 bits per heavy atom. The van der Waals surface area contributed by atoms with Crippen molar-refractivity contribution in [2.75, 3.05) is 31.1 Å². The Bertz CT molecular complexity index is 499. The van der Waals surface area contributed by atoms with Gasteiger partial charge in [-0.2, -0.15) is 0 Å². The average molecular weight is 337 g/mol. The molecule has 2 heterocycles. The number of rotatable bonds is 4. The first-order valence-corrected chi connectivity index (χ1v) is 9.72. The zero-order valence-corrected chi connectivity index (χ0v) is 15.0. The van der Waals surface area contributed by atoms with Crippen LogP contribution in [-0.4, -0.2) is 54.1 Å². The van der Waals surface area contributed by atoms with Crippen LogP contribution in [-0.2, 0) is 4.79 Å². The number of hydrogen-bond donors (Lipinski definition) is 1. The third-order valence-electron chi connectivity index (χ3n) is 5.37. The van der Waals surface area contributed by atoms with E-state index in [1.165, 1.54) is 19.3 Å². The van der Waals surface area contributed by atoms with Crippen molar-refractivity contribution < 1.29 is 4.79 Å². The van der Waals surface area contributed by atoms with Gasteiger partial charge in [0.25, 0.3) is 0 Å². The van der Waals surface area contributed by atoms with Crippen LogP contribution in [0.4, 0.5) is 5.13 Å². The number of nitrogens with zero attached hydrogens (tertiary/aromatic N) is 3. The molecule has 1 N–H and O–H groups in total. The van der Waals surface area contributed by atoms with E-state index in [0.29, 0.717) is 12.0 Å². The molecular weight excluding hydrogens is 308 g/mol. The van der Waals surface area contributed by atoms with Crippen LogP contribution in [0.25, 0.3) is 0 Å². The lowest BCUT2D eigenvalue weighted by molar-refractivity contribution is -0.127. The van der Waals surface area contributed by atoms with Crippen LogP contribution in [0.3, 0.4) is 0 Å². The minimum absolute atomic E-state index is 0.0393. The van der Waals surface area contributed by atoms with Gasteiger partial charge in [0.1, 0.15) is 0 Å². The van der Waals surface area contributed by atoms with E-state index in [2.05, 4.69) is 27.0 Å². The van der Waals surface area contributed by atoms with Gasteiger partial charge in [0.15, 0.2) is 5.13 Å². The molecule has 3 atom stereocenters. The number of carbonyl (C=O) groups excluding carboxylic acids is 1. The van der Waals surface area contributed by atoms with Gasteiger partial charge in [-0.25, -0.2) is 4.98 Å². The molecule has 2 aliphatic rings. The third-order valence-corrected chi connectivity index (χ3v) is 6.20. The number of aromatic nitrogens is 1. The second kappa shape index (κ2) is 7.62. The van der Waals surface area contributed by atoms with E-state index in [0.717, 1.165) is 37.7 Å². The first kappa shape index (κ1) is 16.7. The van der Waals surface area contributed by atoms with Crippen molar-refractivity contribution >= 4 is 22.4 Å². The van der Waals surface area contributed by atoms with Crippen LogP contribution in [0.5, 0.6) is 0 Å². The van der Waals surface area contributed by atoms with Crippen molar-refractivity contribution in [3.05, 3.63) is 11.6 Å². The summed E-state index contributed by atoms with van der Waals surface area (Å²) in [4.78, 5) is 21.6. The zero-order chi connectivity index (χ0) is 16.2. The van der Waals surface area contributed by atoms with Gasteiger partial charge in [0.2, 0.25) is 5.91 Å². The van der Waals surface area contributed by atoms with Crippen LogP contribution in [0.2, 0.25) is 0 Å². The molecule has 0 radical (unpaired) electrons. The van der Waals surface area contributed by atoms with E-state index in [-0.39, 0.29) is 11.9 Å². The van der Waals surface area contributed by atoms with E-state index >= 15 is 0 Å². The van der Waals surface area contributed by atoms with Crippen molar-refractivity contribution in [1.82, 2.24) is 15.2 Å². The number of hydrogen-bond acceptors (Lipinski definition) is 5. The molecule has 1 aliphatic heterocycles. The Kier molecular flexibility index (Phi) is 5.54. The highest BCUT2D eigenvalue weighted by molar-refractivity contribution is 7.13. The molecule has 0 unspecified atom stereocenters. The largest absolute Gasteiger partial charge is 0.352 e. The minimum Gasteiger partial charge on any atom is -0.352 e.